The molecular weight excluding hydrogens is 254 g/mol. The Kier molecular flexibility index (Phi) is 5.91. The third-order valence-electron chi connectivity index (χ3n) is 1.97. The van der Waals surface area contributed by atoms with Gasteiger partial charge in [-0.3, -0.25) is 0 Å². The molecule has 0 aliphatic carbocycles. The zero-order valence-electron chi connectivity index (χ0n) is 9.29. The molecule has 0 unspecified atom stereocenters. The molecule has 0 saturated heterocycles. The van der Waals surface area contributed by atoms with Gasteiger partial charge in [-0.1, -0.05) is 28.1 Å². The van der Waals surface area contributed by atoms with Gasteiger partial charge in [-0.25, -0.2) is 0 Å². The molecule has 0 fully saturated rings. The van der Waals surface area contributed by atoms with E-state index in [1.54, 1.807) is 0 Å². The molecule has 0 heterocycles. The number of nitrogens with one attached hydrogen (secondary N) is 1. The first-order valence-electron chi connectivity index (χ1n) is 5.25. The molecular formula is C12H18BrNO. The van der Waals surface area contributed by atoms with Crippen molar-refractivity contribution >= 4 is 15.9 Å². The van der Waals surface area contributed by atoms with E-state index in [0.29, 0.717) is 6.10 Å². The second kappa shape index (κ2) is 6.99. The molecule has 0 radical (unpaired) electrons. The first-order chi connectivity index (χ1) is 7.18. The van der Waals surface area contributed by atoms with E-state index in [2.05, 4.69) is 59.4 Å². The van der Waals surface area contributed by atoms with Crippen molar-refractivity contribution in [3.63, 3.8) is 0 Å². The maximum absolute atomic E-state index is 5.43. The Morgan fingerprint density at radius 2 is 1.93 bits per heavy atom. The van der Waals surface area contributed by atoms with Crippen LogP contribution in [0.4, 0.5) is 0 Å². The topological polar surface area (TPSA) is 21.3 Å². The average molecular weight is 272 g/mol. The van der Waals surface area contributed by atoms with E-state index in [1.807, 2.05) is 0 Å². The molecule has 1 N–H and O–H groups in total. The Balaban J connectivity index is 2.12. The monoisotopic (exact) mass is 271 g/mol. The maximum Gasteiger partial charge on any atom is 0.0594 e. The Bertz CT molecular complexity index is 271. The zero-order chi connectivity index (χ0) is 11.1. The summed E-state index contributed by atoms with van der Waals surface area (Å²) in [6.07, 6.45) is 0.319. The van der Waals surface area contributed by atoms with E-state index in [9.17, 15) is 0 Å². The molecule has 3 heteroatoms. The Hall–Kier alpha value is -0.380. The van der Waals surface area contributed by atoms with Crippen molar-refractivity contribution < 1.29 is 4.74 Å². The average Bonchev–Trinajstić information content (AvgIpc) is 2.20. The van der Waals surface area contributed by atoms with Crippen molar-refractivity contribution in [3.05, 3.63) is 34.3 Å². The highest BCUT2D eigenvalue weighted by molar-refractivity contribution is 9.10. The van der Waals surface area contributed by atoms with Crippen LogP contribution in [-0.4, -0.2) is 19.3 Å². The summed E-state index contributed by atoms with van der Waals surface area (Å²) in [5.41, 5.74) is 1.29. The zero-order valence-corrected chi connectivity index (χ0v) is 10.9. The van der Waals surface area contributed by atoms with Gasteiger partial charge in [0.2, 0.25) is 0 Å². The molecule has 15 heavy (non-hydrogen) atoms. The van der Waals surface area contributed by atoms with Gasteiger partial charge in [0.15, 0.2) is 0 Å². The molecule has 0 amide bonds. The lowest BCUT2D eigenvalue weighted by Crippen LogP contribution is -2.20. The predicted octanol–water partition coefficient (Wildman–Crippen LogP) is 2.96. The second-order valence-corrected chi connectivity index (χ2v) is 4.64. The van der Waals surface area contributed by atoms with E-state index in [4.69, 9.17) is 4.74 Å². The first kappa shape index (κ1) is 12.7. The summed E-state index contributed by atoms with van der Waals surface area (Å²) in [5.74, 6) is 0. The number of hydrogen-bond donors (Lipinski definition) is 1. The molecule has 0 saturated carbocycles. The second-order valence-electron chi connectivity index (χ2n) is 3.72. The molecule has 0 aliphatic heterocycles. The minimum absolute atomic E-state index is 0.319. The quantitative estimate of drug-likeness (QED) is 0.804. The van der Waals surface area contributed by atoms with Gasteiger partial charge in [-0.2, -0.15) is 0 Å². The largest absolute Gasteiger partial charge is 0.377 e. The van der Waals surface area contributed by atoms with Gasteiger partial charge in [0, 0.05) is 17.6 Å². The van der Waals surface area contributed by atoms with Gasteiger partial charge in [0.25, 0.3) is 0 Å². The molecule has 0 atom stereocenters. The van der Waals surface area contributed by atoms with Crippen LogP contribution >= 0.6 is 15.9 Å². The van der Waals surface area contributed by atoms with Crippen LogP contribution in [-0.2, 0) is 11.3 Å². The van der Waals surface area contributed by atoms with E-state index >= 15 is 0 Å². The van der Waals surface area contributed by atoms with E-state index < -0.39 is 0 Å². The number of ether oxygens (including phenoxy) is 1. The molecule has 1 rings (SSSR count). The summed E-state index contributed by atoms with van der Waals surface area (Å²) in [7, 11) is 0. The number of rotatable bonds is 6. The van der Waals surface area contributed by atoms with Crippen LogP contribution in [0.5, 0.6) is 0 Å². The molecule has 1 aromatic carbocycles. The van der Waals surface area contributed by atoms with Gasteiger partial charge in [-0.05, 0) is 31.5 Å². The Morgan fingerprint density at radius 3 is 2.53 bits per heavy atom. The van der Waals surface area contributed by atoms with Crippen molar-refractivity contribution in [2.75, 3.05) is 13.2 Å². The van der Waals surface area contributed by atoms with Gasteiger partial charge in [0.1, 0.15) is 0 Å². The molecule has 0 aromatic heterocycles. The highest BCUT2D eigenvalue weighted by Crippen LogP contribution is 2.09. The fourth-order valence-electron chi connectivity index (χ4n) is 1.20. The van der Waals surface area contributed by atoms with Gasteiger partial charge < -0.3 is 10.1 Å². The lowest BCUT2D eigenvalue weighted by Gasteiger charge is -2.08. The van der Waals surface area contributed by atoms with E-state index in [0.717, 1.165) is 24.2 Å². The van der Waals surface area contributed by atoms with Crippen molar-refractivity contribution in [3.8, 4) is 0 Å². The summed E-state index contributed by atoms with van der Waals surface area (Å²) < 4.78 is 6.55. The van der Waals surface area contributed by atoms with Crippen LogP contribution in [0, 0.1) is 0 Å². The van der Waals surface area contributed by atoms with Crippen LogP contribution in [0.15, 0.2) is 28.7 Å². The molecule has 0 bridgehead atoms. The summed E-state index contributed by atoms with van der Waals surface area (Å²) in [4.78, 5) is 0. The fraction of sp³-hybridized carbons (Fsp3) is 0.500. The van der Waals surface area contributed by atoms with Crippen LogP contribution in [0.25, 0.3) is 0 Å². The van der Waals surface area contributed by atoms with E-state index in [1.165, 1.54) is 5.56 Å². The van der Waals surface area contributed by atoms with Crippen molar-refractivity contribution in [2.24, 2.45) is 0 Å². The van der Waals surface area contributed by atoms with Gasteiger partial charge in [-0.15, -0.1) is 0 Å². The normalized spacial score (nSPS) is 10.9. The first-order valence-corrected chi connectivity index (χ1v) is 6.04. The third kappa shape index (κ3) is 5.92. The van der Waals surface area contributed by atoms with Crippen molar-refractivity contribution in [2.45, 2.75) is 26.5 Å². The summed E-state index contributed by atoms with van der Waals surface area (Å²) in [6.45, 7) is 6.67. The van der Waals surface area contributed by atoms with Crippen LogP contribution in [0.3, 0.4) is 0 Å². The smallest absolute Gasteiger partial charge is 0.0594 e. The molecule has 2 nitrogen and oxygen atoms in total. The van der Waals surface area contributed by atoms with Gasteiger partial charge >= 0.3 is 0 Å². The lowest BCUT2D eigenvalue weighted by atomic mass is 10.2. The minimum Gasteiger partial charge on any atom is -0.377 e. The third-order valence-corrected chi connectivity index (χ3v) is 2.50. The summed E-state index contributed by atoms with van der Waals surface area (Å²) in [6, 6.07) is 8.34. The lowest BCUT2D eigenvalue weighted by molar-refractivity contribution is 0.0807. The standard InChI is InChI=1S/C12H18BrNO/c1-10(2)15-8-7-14-9-11-3-5-12(13)6-4-11/h3-6,10,14H,7-9H2,1-2H3. The van der Waals surface area contributed by atoms with Crippen LogP contribution in [0.1, 0.15) is 19.4 Å². The molecule has 1 aromatic rings. The van der Waals surface area contributed by atoms with Crippen molar-refractivity contribution in [1.82, 2.24) is 5.32 Å². The van der Waals surface area contributed by atoms with Crippen LogP contribution in [0.2, 0.25) is 0 Å². The molecule has 0 aliphatic rings. The summed E-state index contributed by atoms with van der Waals surface area (Å²) in [5, 5.41) is 3.34. The molecule has 84 valence electrons. The molecule has 0 spiro atoms. The number of halogens is 1. The van der Waals surface area contributed by atoms with E-state index in [-0.39, 0.29) is 0 Å². The van der Waals surface area contributed by atoms with Crippen molar-refractivity contribution in [1.29, 1.82) is 0 Å². The number of benzene rings is 1. The SMILES string of the molecule is CC(C)OCCNCc1ccc(Br)cc1. The Morgan fingerprint density at radius 1 is 1.27 bits per heavy atom. The summed E-state index contributed by atoms with van der Waals surface area (Å²) >= 11 is 3.41. The minimum atomic E-state index is 0.319. The van der Waals surface area contributed by atoms with Crippen LogP contribution < -0.4 is 5.32 Å². The fourth-order valence-corrected chi connectivity index (χ4v) is 1.47. The highest BCUT2D eigenvalue weighted by Gasteiger charge is 1.94. The highest BCUT2D eigenvalue weighted by atomic mass is 79.9. The van der Waals surface area contributed by atoms with Gasteiger partial charge in [0.05, 0.1) is 12.7 Å². The predicted molar refractivity (Wildman–Crippen MR) is 66.9 cm³/mol. The maximum atomic E-state index is 5.43. The Labute approximate surface area is 100 Å². The number of hydrogen-bond acceptors (Lipinski definition) is 2.